The van der Waals surface area contributed by atoms with Crippen LogP contribution in [0.25, 0.3) is 16.9 Å². The summed E-state index contributed by atoms with van der Waals surface area (Å²) in [5, 5.41) is 9.36. The summed E-state index contributed by atoms with van der Waals surface area (Å²) in [6, 6.07) is 7.92. The van der Waals surface area contributed by atoms with Gasteiger partial charge in [-0.25, -0.2) is 9.55 Å². The zero-order chi connectivity index (χ0) is 15.7. The minimum atomic E-state index is 0.618. The molecule has 108 valence electrons. The van der Waals surface area contributed by atoms with Gasteiger partial charge in [-0.1, -0.05) is 4.98 Å². The lowest BCUT2D eigenvalue weighted by molar-refractivity contribution is -0.606. The smallest absolute Gasteiger partial charge is 0.300 e. The molecule has 0 atom stereocenters. The molecule has 0 amide bonds. The first-order chi connectivity index (χ1) is 10.6. The summed E-state index contributed by atoms with van der Waals surface area (Å²) in [7, 11) is 1.95. The van der Waals surface area contributed by atoms with Gasteiger partial charge in [-0.05, 0) is 13.0 Å². The maximum absolute atomic E-state index is 9.36. The number of hydrogen-bond acceptors (Lipinski definition) is 3. The van der Waals surface area contributed by atoms with E-state index in [0.29, 0.717) is 5.56 Å². The first-order valence-corrected chi connectivity index (χ1v) is 6.97. The van der Waals surface area contributed by atoms with E-state index in [-0.39, 0.29) is 0 Å². The molecular formula is C17H16N5+. The zero-order valence-corrected chi connectivity index (χ0v) is 12.8. The van der Waals surface area contributed by atoms with Gasteiger partial charge in [0.05, 0.1) is 29.9 Å². The Hall–Kier alpha value is -3.00. The zero-order valence-electron chi connectivity index (χ0n) is 12.8. The fraction of sp³-hybridized carbons (Fsp3) is 0.176. The molecule has 0 aliphatic rings. The number of nitrogens with zero attached hydrogens (tertiary/aromatic N) is 5. The Morgan fingerprint density at radius 3 is 2.73 bits per heavy atom. The second-order valence-corrected chi connectivity index (χ2v) is 5.21. The summed E-state index contributed by atoms with van der Waals surface area (Å²) in [4.78, 5) is 8.50. The highest BCUT2D eigenvalue weighted by atomic mass is 15.0. The molecule has 1 aromatic carbocycles. The van der Waals surface area contributed by atoms with Gasteiger partial charge in [0.2, 0.25) is 0 Å². The number of aryl methyl sites for hydroxylation is 2. The Morgan fingerprint density at radius 2 is 2.09 bits per heavy atom. The van der Waals surface area contributed by atoms with E-state index in [9.17, 15) is 5.26 Å². The van der Waals surface area contributed by atoms with Crippen molar-refractivity contribution in [1.82, 2.24) is 14.5 Å². The SMILES string of the molecule is Cc1c(-c2cncn2C)cc(C#N)cc1-[n+]1cccnc1C. The number of aromatic nitrogens is 4. The average Bonchev–Trinajstić information content (AvgIpc) is 2.94. The molecule has 0 radical (unpaired) electrons. The Balaban J connectivity index is 2.31. The van der Waals surface area contributed by atoms with Crippen LogP contribution in [0, 0.1) is 25.2 Å². The van der Waals surface area contributed by atoms with E-state index in [1.54, 1.807) is 12.5 Å². The van der Waals surface area contributed by atoms with Crippen molar-refractivity contribution in [2.75, 3.05) is 0 Å². The largest absolute Gasteiger partial charge is 0.334 e. The van der Waals surface area contributed by atoms with Crippen LogP contribution < -0.4 is 4.57 Å². The number of nitriles is 1. The normalized spacial score (nSPS) is 10.5. The van der Waals surface area contributed by atoms with Gasteiger partial charge in [-0.15, -0.1) is 0 Å². The molecule has 0 N–H and O–H groups in total. The van der Waals surface area contributed by atoms with Crippen molar-refractivity contribution >= 4 is 0 Å². The lowest BCUT2D eigenvalue weighted by atomic mass is 10.0. The van der Waals surface area contributed by atoms with E-state index < -0.39 is 0 Å². The third-order valence-electron chi connectivity index (χ3n) is 3.79. The van der Waals surface area contributed by atoms with E-state index in [1.807, 2.05) is 53.7 Å². The van der Waals surface area contributed by atoms with Gasteiger partial charge >= 0.3 is 0 Å². The van der Waals surface area contributed by atoms with Crippen molar-refractivity contribution < 1.29 is 4.57 Å². The number of imidazole rings is 1. The number of benzene rings is 1. The summed E-state index contributed by atoms with van der Waals surface area (Å²) < 4.78 is 3.95. The maximum Gasteiger partial charge on any atom is 0.300 e. The quantitative estimate of drug-likeness (QED) is 0.680. The molecular weight excluding hydrogens is 274 g/mol. The molecule has 3 rings (SSSR count). The van der Waals surface area contributed by atoms with Crippen molar-refractivity contribution in [3.05, 3.63) is 60.1 Å². The van der Waals surface area contributed by atoms with Crippen LogP contribution in [0.15, 0.2) is 43.1 Å². The second-order valence-electron chi connectivity index (χ2n) is 5.21. The Labute approximate surface area is 129 Å². The molecule has 0 fully saturated rings. The predicted octanol–water partition coefficient (Wildman–Crippen LogP) is 2.25. The predicted molar refractivity (Wildman–Crippen MR) is 82.2 cm³/mol. The molecule has 0 bridgehead atoms. The van der Waals surface area contributed by atoms with Crippen molar-refractivity contribution in [3.8, 4) is 23.0 Å². The van der Waals surface area contributed by atoms with Gasteiger partial charge in [-0.3, -0.25) is 0 Å². The fourth-order valence-corrected chi connectivity index (χ4v) is 2.60. The highest BCUT2D eigenvalue weighted by Crippen LogP contribution is 2.27. The van der Waals surface area contributed by atoms with Gasteiger partial charge in [0.1, 0.15) is 18.1 Å². The molecule has 0 saturated heterocycles. The molecule has 2 aromatic heterocycles. The van der Waals surface area contributed by atoms with Crippen LogP contribution in [0.3, 0.4) is 0 Å². The summed E-state index contributed by atoms with van der Waals surface area (Å²) in [6.07, 6.45) is 7.29. The summed E-state index contributed by atoms with van der Waals surface area (Å²) in [5.41, 5.74) is 4.65. The lowest BCUT2D eigenvalue weighted by Gasteiger charge is -2.11. The molecule has 0 saturated carbocycles. The Morgan fingerprint density at radius 1 is 1.27 bits per heavy atom. The Kier molecular flexibility index (Phi) is 3.43. The molecule has 0 spiro atoms. The van der Waals surface area contributed by atoms with Gasteiger partial charge in [-0.2, -0.15) is 5.26 Å². The molecule has 22 heavy (non-hydrogen) atoms. The summed E-state index contributed by atoms with van der Waals surface area (Å²) in [6.45, 7) is 4.00. The van der Waals surface area contributed by atoms with Gasteiger partial charge in [0, 0.05) is 37.2 Å². The third-order valence-corrected chi connectivity index (χ3v) is 3.79. The minimum absolute atomic E-state index is 0.618. The van der Waals surface area contributed by atoms with Crippen molar-refractivity contribution in [3.63, 3.8) is 0 Å². The summed E-state index contributed by atoms with van der Waals surface area (Å²) >= 11 is 0. The van der Waals surface area contributed by atoms with Crippen LogP contribution in [0.1, 0.15) is 17.0 Å². The Bertz CT molecular complexity index is 886. The molecule has 2 heterocycles. The molecule has 5 heteroatoms. The molecule has 5 nitrogen and oxygen atoms in total. The standard InChI is InChI=1S/C17H16N5/c1-12-15(17-10-19-11-21(17)3)7-14(9-18)8-16(12)22-6-4-5-20-13(22)2/h4-8,10-11H,1-3H3/q+1. The molecule has 0 aliphatic carbocycles. The van der Waals surface area contributed by atoms with Crippen LogP contribution in [0.5, 0.6) is 0 Å². The van der Waals surface area contributed by atoms with Gasteiger partial charge < -0.3 is 4.57 Å². The first-order valence-electron chi connectivity index (χ1n) is 6.97. The van der Waals surface area contributed by atoms with Crippen LogP contribution in [-0.2, 0) is 7.05 Å². The number of rotatable bonds is 2. The second kappa shape index (κ2) is 5.41. The van der Waals surface area contributed by atoms with E-state index in [1.165, 1.54) is 0 Å². The highest BCUT2D eigenvalue weighted by Gasteiger charge is 2.17. The molecule has 0 unspecified atom stereocenters. The van der Waals surface area contributed by atoms with E-state index in [0.717, 1.165) is 28.3 Å². The van der Waals surface area contributed by atoms with Crippen LogP contribution in [0.4, 0.5) is 0 Å². The van der Waals surface area contributed by atoms with Crippen LogP contribution in [0.2, 0.25) is 0 Å². The third kappa shape index (κ3) is 2.25. The fourth-order valence-electron chi connectivity index (χ4n) is 2.60. The van der Waals surface area contributed by atoms with Crippen LogP contribution >= 0.6 is 0 Å². The average molecular weight is 290 g/mol. The maximum atomic E-state index is 9.36. The van der Waals surface area contributed by atoms with E-state index >= 15 is 0 Å². The first kappa shape index (κ1) is 14.0. The van der Waals surface area contributed by atoms with Crippen LogP contribution in [-0.4, -0.2) is 14.5 Å². The van der Waals surface area contributed by atoms with Gasteiger partial charge in [0.15, 0.2) is 0 Å². The molecule has 0 aliphatic heterocycles. The van der Waals surface area contributed by atoms with Crippen molar-refractivity contribution in [2.45, 2.75) is 13.8 Å². The van der Waals surface area contributed by atoms with Gasteiger partial charge in [0.25, 0.3) is 5.82 Å². The molecule has 3 aromatic rings. The van der Waals surface area contributed by atoms with E-state index in [4.69, 9.17) is 0 Å². The topological polar surface area (TPSA) is 58.4 Å². The summed E-state index contributed by atoms with van der Waals surface area (Å²) in [5.74, 6) is 0.872. The van der Waals surface area contributed by atoms with Crippen molar-refractivity contribution in [2.24, 2.45) is 7.05 Å². The van der Waals surface area contributed by atoms with E-state index in [2.05, 4.69) is 23.0 Å². The highest BCUT2D eigenvalue weighted by molar-refractivity contribution is 5.69. The van der Waals surface area contributed by atoms with Crippen molar-refractivity contribution in [1.29, 1.82) is 5.26 Å². The number of hydrogen-bond donors (Lipinski definition) is 0. The lowest BCUT2D eigenvalue weighted by Crippen LogP contribution is -2.35. The minimum Gasteiger partial charge on any atom is -0.334 e. The monoisotopic (exact) mass is 290 g/mol.